The predicted molar refractivity (Wildman–Crippen MR) is 106 cm³/mol. The monoisotopic (exact) mass is 401 g/mol. The molecule has 0 saturated heterocycles. The highest BCUT2D eigenvalue weighted by molar-refractivity contribution is 5.54. The lowest BCUT2D eigenvalue weighted by molar-refractivity contribution is -0.139. The second kappa shape index (κ2) is 9.41. The van der Waals surface area contributed by atoms with Crippen molar-refractivity contribution >= 4 is 11.6 Å². The van der Waals surface area contributed by atoms with Crippen molar-refractivity contribution in [1.82, 2.24) is 9.97 Å². The summed E-state index contributed by atoms with van der Waals surface area (Å²) in [5.41, 5.74) is 1.64. The Morgan fingerprint density at radius 3 is 2.34 bits per heavy atom. The van der Waals surface area contributed by atoms with Gasteiger partial charge in [-0.15, -0.1) is 0 Å². The number of aromatic nitrogens is 2. The van der Waals surface area contributed by atoms with Crippen molar-refractivity contribution in [2.24, 2.45) is 0 Å². The molecule has 1 aromatic heterocycles. The van der Waals surface area contributed by atoms with Gasteiger partial charge in [-0.1, -0.05) is 55.8 Å². The van der Waals surface area contributed by atoms with Crippen LogP contribution in [0.5, 0.6) is 5.88 Å². The largest absolute Gasteiger partial charge is 0.472 e. The number of alkyl halides is 3. The van der Waals surface area contributed by atoms with Gasteiger partial charge in [-0.2, -0.15) is 18.2 Å². The third-order valence-corrected chi connectivity index (χ3v) is 4.31. The fourth-order valence-corrected chi connectivity index (χ4v) is 2.72. The van der Waals surface area contributed by atoms with E-state index < -0.39 is 17.6 Å². The zero-order chi connectivity index (χ0) is 20.7. The molecule has 3 rings (SSSR count). The van der Waals surface area contributed by atoms with Gasteiger partial charge in [0.2, 0.25) is 11.8 Å². The van der Waals surface area contributed by atoms with E-state index in [0.717, 1.165) is 31.0 Å². The third kappa shape index (κ3) is 5.94. The van der Waals surface area contributed by atoms with Crippen LogP contribution in [-0.4, -0.2) is 9.97 Å². The lowest BCUT2D eigenvalue weighted by Crippen LogP contribution is -2.12. The van der Waals surface area contributed by atoms with Crippen molar-refractivity contribution in [2.75, 3.05) is 5.32 Å². The van der Waals surface area contributed by atoms with Gasteiger partial charge in [0.1, 0.15) is 12.2 Å². The van der Waals surface area contributed by atoms with Crippen LogP contribution in [0, 0.1) is 0 Å². The number of anilines is 2. The van der Waals surface area contributed by atoms with Crippen molar-refractivity contribution in [1.29, 1.82) is 0 Å². The normalized spacial score (nSPS) is 11.3. The van der Waals surface area contributed by atoms with Crippen LogP contribution in [0.4, 0.5) is 24.8 Å². The maximum atomic E-state index is 13.3. The average molecular weight is 401 g/mol. The molecule has 0 atom stereocenters. The SMILES string of the molecule is CCCCc1ccc(Nc2ncc(C(F)(F)F)c(OCc3ccccc3)n2)cc1. The highest BCUT2D eigenvalue weighted by Gasteiger charge is 2.36. The third-order valence-electron chi connectivity index (χ3n) is 4.31. The van der Waals surface area contributed by atoms with Gasteiger partial charge in [0.05, 0.1) is 0 Å². The van der Waals surface area contributed by atoms with E-state index in [1.165, 1.54) is 5.56 Å². The number of nitrogens with one attached hydrogen (secondary N) is 1. The standard InChI is InChI=1S/C22H22F3N3O/c1-2-3-7-16-10-12-18(13-11-16)27-21-26-14-19(22(23,24)25)20(28-21)29-15-17-8-5-4-6-9-17/h4-6,8-14H,2-3,7,15H2,1H3,(H,26,27,28). The second-order valence-electron chi connectivity index (χ2n) is 6.61. The van der Waals surface area contributed by atoms with Crippen LogP contribution in [0.2, 0.25) is 0 Å². The molecule has 29 heavy (non-hydrogen) atoms. The molecule has 0 aliphatic rings. The summed E-state index contributed by atoms with van der Waals surface area (Å²) < 4.78 is 45.3. The van der Waals surface area contributed by atoms with Crippen LogP contribution in [0.3, 0.4) is 0 Å². The topological polar surface area (TPSA) is 47.0 Å². The van der Waals surface area contributed by atoms with E-state index in [1.807, 2.05) is 30.3 Å². The van der Waals surface area contributed by atoms with Crippen LogP contribution in [0.15, 0.2) is 60.8 Å². The summed E-state index contributed by atoms with van der Waals surface area (Å²) in [6.07, 6.45) is -0.649. The molecule has 0 aliphatic heterocycles. The minimum Gasteiger partial charge on any atom is -0.472 e. The molecule has 4 nitrogen and oxygen atoms in total. The van der Waals surface area contributed by atoms with E-state index in [2.05, 4.69) is 22.2 Å². The number of benzene rings is 2. The van der Waals surface area contributed by atoms with Crippen LogP contribution in [0.25, 0.3) is 0 Å². The highest BCUT2D eigenvalue weighted by Crippen LogP contribution is 2.35. The minimum atomic E-state index is -4.61. The van der Waals surface area contributed by atoms with Gasteiger partial charge in [0, 0.05) is 11.9 Å². The Kier molecular flexibility index (Phi) is 6.69. The first-order chi connectivity index (χ1) is 14.0. The fraction of sp³-hybridized carbons (Fsp3) is 0.273. The number of halogens is 3. The molecule has 2 aromatic carbocycles. The summed E-state index contributed by atoms with van der Waals surface area (Å²) in [7, 11) is 0. The summed E-state index contributed by atoms with van der Waals surface area (Å²) in [5, 5.41) is 2.93. The first-order valence-corrected chi connectivity index (χ1v) is 9.42. The number of ether oxygens (including phenoxy) is 1. The molecule has 1 heterocycles. The van der Waals surface area contributed by atoms with E-state index in [9.17, 15) is 13.2 Å². The smallest absolute Gasteiger partial charge is 0.423 e. The van der Waals surface area contributed by atoms with Crippen LogP contribution >= 0.6 is 0 Å². The Morgan fingerprint density at radius 2 is 1.69 bits per heavy atom. The number of nitrogens with zero attached hydrogens (tertiary/aromatic N) is 2. The number of hydrogen-bond donors (Lipinski definition) is 1. The average Bonchev–Trinajstić information content (AvgIpc) is 2.72. The number of aryl methyl sites for hydroxylation is 1. The van der Waals surface area contributed by atoms with E-state index in [4.69, 9.17) is 4.74 Å². The first-order valence-electron chi connectivity index (χ1n) is 9.42. The van der Waals surface area contributed by atoms with Gasteiger partial charge in [0.25, 0.3) is 0 Å². The van der Waals surface area contributed by atoms with Gasteiger partial charge in [-0.25, -0.2) is 4.98 Å². The molecule has 0 spiro atoms. The van der Waals surface area contributed by atoms with Crippen molar-refractivity contribution in [3.63, 3.8) is 0 Å². The molecule has 7 heteroatoms. The lowest BCUT2D eigenvalue weighted by atomic mass is 10.1. The zero-order valence-electron chi connectivity index (χ0n) is 16.0. The lowest BCUT2D eigenvalue weighted by Gasteiger charge is -2.14. The van der Waals surface area contributed by atoms with E-state index in [0.29, 0.717) is 5.69 Å². The van der Waals surface area contributed by atoms with Crippen molar-refractivity contribution in [2.45, 2.75) is 39.0 Å². The highest BCUT2D eigenvalue weighted by atomic mass is 19.4. The Hall–Kier alpha value is -3.09. The number of unbranched alkanes of at least 4 members (excludes halogenated alkanes) is 1. The Bertz CT molecular complexity index is 913. The molecule has 152 valence electrons. The van der Waals surface area contributed by atoms with Gasteiger partial charge >= 0.3 is 6.18 Å². The molecule has 0 saturated carbocycles. The van der Waals surface area contributed by atoms with Crippen molar-refractivity contribution in [3.8, 4) is 5.88 Å². The summed E-state index contributed by atoms with van der Waals surface area (Å²) in [6.45, 7) is 2.11. The summed E-state index contributed by atoms with van der Waals surface area (Å²) in [4.78, 5) is 7.76. The quantitative estimate of drug-likeness (QED) is 0.491. The summed E-state index contributed by atoms with van der Waals surface area (Å²) >= 11 is 0. The van der Waals surface area contributed by atoms with Gasteiger partial charge in [0.15, 0.2) is 0 Å². The molecule has 3 aromatic rings. The Labute approximate surface area is 167 Å². The summed E-state index contributed by atoms with van der Waals surface area (Å²) in [6, 6.07) is 16.6. The molecular weight excluding hydrogens is 379 g/mol. The predicted octanol–water partition coefficient (Wildman–Crippen LogP) is 6.16. The molecule has 0 aliphatic carbocycles. The molecule has 1 N–H and O–H groups in total. The van der Waals surface area contributed by atoms with Gasteiger partial charge in [-0.05, 0) is 36.1 Å². The second-order valence-corrected chi connectivity index (χ2v) is 6.61. The number of rotatable bonds is 8. The minimum absolute atomic E-state index is 0.0213. The maximum Gasteiger partial charge on any atom is 0.423 e. The van der Waals surface area contributed by atoms with Crippen molar-refractivity contribution < 1.29 is 17.9 Å². The van der Waals surface area contributed by atoms with Crippen LogP contribution in [0.1, 0.15) is 36.5 Å². The molecule has 0 unspecified atom stereocenters. The van der Waals surface area contributed by atoms with Gasteiger partial charge < -0.3 is 10.1 Å². The molecule has 0 fully saturated rings. The Balaban J connectivity index is 1.77. The van der Waals surface area contributed by atoms with Crippen molar-refractivity contribution in [3.05, 3.63) is 77.5 Å². The molecule has 0 radical (unpaired) electrons. The molecular formula is C22H22F3N3O. The zero-order valence-corrected chi connectivity index (χ0v) is 16.0. The molecule has 0 amide bonds. The van der Waals surface area contributed by atoms with Crippen LogP contribution in [-0.2, 0) is 19.2 Å². The fourth-order valence-electron chi connectivity index (χ4n) is 2.72. The Morgan fingerprint density at radius 1 is 0.966 bits per heavy atom. The van der Waals surface area contributed by atoms with E-state index >= 15 is 0 Å². The van der Waals surface area contributed by atoms with E-state index in [1.54, 1.807) is 24.3 Å². The summed E-state index contributed by atoms with van der Waals surface area (Å²) in [5.74, 6) is -0.458. The van der Waals surface area contributed by atoms with Crippen LogP contribution < -0.4 is 10.1 Å². The molecule has 0 bridgehead atoms. The maximum absolute atomic E-state index is 13.3. The van der Waals surface area contributed by atoms with E-state index in [-0.39, 0.29) is 12.6 Å². The van der Waals surface area contributed by atoms with Gasteiger partial charge in [-0.3, -0.25) is 0 Å². The number of hydrogen-bond acceptors (Lipinski definition) is 4. The first kappa shape index (κ1) is 20.6.